The van der Waals surface area contributed by atoms with Crippen molar-refractivity contribution in [3.8, 4) is 11.6 Å². The molecule has 0 fully saturated rings. The van der Waals surface area contributed by atoms with Gasteiger partial charge in [-0.3, -0.25) is 4.79 Å². The number of esters is 1. The largest absolute Gasteiger partial charge is 0.465 e. The molecule has 2 aromatic carbocycles. The van der Waals surface area contributed by atoms with E-state index in [2.05, 4.69) is 20.9 Å². The van der Waals surface area contributed by atoms with Crippen molar-refractivity contribution in [2.75, 3.05) is 18.6 Å². The Bertz CT molecular complexity index is 1080. The van der Waals surface area contributed by atoms with Gasteiger partial charge in [-0.25, -0.2) is 9.78 Å². The van der Waals surface area contributed by atoms with E-state index in [-0.39, 0.29) is 11.9 Å². The number of rotatable bonds is 4. The fourth-order valence-electron chi connectivity index (χ4n) is 3.23. The van der Waals surface area contributed by atoms with E-state index in [0.717, 1.165) is 15.7 Å². The first-order chi connectivity index (χ1) is 14.0. The van der Waals surface area contributed by atoms with Gasteiger partial charge in [0.05, 0.1) is 18.2 Å². The van der Waals surface area contributed by atoms with Gasteiger partial charge in [0, 0.05) is 29.0 Å². The van der Waals surface area contributed by atoms with Gasteiger partial charge in [0.1, 0.15) is 5.75 Å². The van der Waals surface area contributed by atoms with Crippen LogP contribution < -0.4 is 9.64 Å². The molecule has 29 heavy (non-hydrogen) atoms. The number of halogens is 1. The summed E-state index contributed by atoms with van der Waals surface area (Å²) in [5.41, 5.74) is 2.70. The lowest BCUT2D eigenvalue weighted by molar-refractivity contribution is 0.0600. The Morgan fingerprint density at radius 2 is 1.90 bits per heavy atom. The van der Waals surface area contributed by atoms with Crippen LogP contribution in [-0.2, 0) is 11.2 Å². The van der Waals surface area contributed by atoms with Gasteiger partial charge >= 0.3 is 5.97 Å². The second kappa shape index (κ2) is 8.05. The highest BCUT2D eigenvalue weighted by atomic mass is 79.9. The summed E-state index contributed by atoms with van der Waals surface area (Å²) in [5, 5.41) is 0. The van der Waals surface area contributed by atoms with Gasteiger partial charge in [0.15, 0.2) is 0 Å². The van der Waals surface area contributed by atoms with Crippen LogP contribution in [0.5, 0.6) is 11.6 Å². The summed E-state index contributed by atoms with van der Waals surface area (Å²) in [6, 6.07) is 16.0. The summed E-state index contributed by atoms with van der Waals surface area (Å²) >= 11 is 3.40. The molecule has 4 rings (SSSR count). The monoisotopic (exact) mass is 452 g/mol. The summed E-state index contributed by atoms with van der Waals surface area (Å²) in [6.07, 6.45) is 2.19. The van der Waals surface area contributed by atoms with Crippen LogP contribution in [0.15, 0.2) is 65.3 Å². The van der Waals surface area contributed by atoms with Crippen molar-refractivity contribution in [3.05, 3.63) is 82.0 Å². The molecule has 6 nitrogen and oxygen atoms in total. The van der Waals surface area contributed by atoms with Crippen molar-refractivity contribution in [1.29, 1.82) is 0 Å². The van der Waals surface area contributed by atoms with Crippen LogP contribution in [0.25, 0.3) is 0 Å². The van der Waals surface area contributed by atoms with E-state index in [4.69, 9.17) is 9.47 Å². The van der Waals surface area contributed by atoms with Gasteiger partial charge < -0.3 is 14.4 Å². The van der Waals surface area contributed by atoms with Crippen LogP contribution in [0.4, 0.5) is 5.69 Å². The third-order valence-corrected chi connectivity index (χ3v) is 5.14. The van der Waals surface area contributed by atoms with Crippen molar-refractivity contribution < 1.29 is 19.1 Å². The summed E-state index contributed by atoms with van der Waals surface area (Å²) in [7, 11) is 1.35. The minimum atomic E-state index is -0.386. The molecular weight excluding hydrogens is 436 g/mol. The van der Waals surface area contributed by atoms with Crippen molar-refractivity contribution in [2.45, 2.75) is 6.42 Å². The number of carbonyl (C=O) groups excluding carboxylic acids is 2. The third kappa shape index (κ3) is 4.00. The molecule has 0 saturated carbocycles. The van der Waals surface area contributed by atoms with E-state index in [1.54, 1.807) is 35.2 Å². The van der Waals surface area contributed by atoms with Gasteiger partial charge in [-0.05, 0) is 54.4 Å². The molecule has 146 valence electrons. The summed E-state index contributed by atoms with van der Waals surface area (Å²) in [6.45, 7) is 0.551. The first-order valence-electron chi connectivity index (χ1n) is 8.98. The molecule has 0 spiro atoms. The van der Waals surface area contributed by atoms with E-state index < -0.39 is 0 Å². The van der Waals surface area contributed by atoms with Crippen LogP contribution in [0.3, 0.4) is 0 Å². The molecule has 7 heteroatoms. The number of carbonyl (C=O) groups is 2. The third-order valence-electron chi connectivity index (χ3n) is 4.64. The Morgan fingerprint density at radius 3 is 2.62 bits per heavy atom. The van der Waals surface area contributed by atoms with Crippen LogP contribution in [0, 0.1) is 0 Å². The number of hydrogen-bond acceptors (Lipinski definition) is 5. The van der Waals surface area contributed by atoms with E-state index in [9.17, 15) is 9.59 Å². The quantitative estimate of drug-likeness (QED) is 0.539. The van der Waals surface area contributed by atoms with Gasteiger partial charge in [0.25, 0.3) is 5.91 Å². The fraction of sp³-hybridized carbons (Fsp3) is 0.136. The van der Waals surface area contributed by atoms with E-state index in [0.29, 0.717) is 35.7 Å². The Balaban J connectivity index is 1.50. The van der Waals surface area contributed by atoms with Crippen molar-refractivity contribution in [1.82, 2.24) is 4.98 Å². The second-order valence-corrected chi connectivity index (χ2v) is 7.40. The Morgan fingerprint density at radius 1 is 1.07 bits per heavy atom. The molecule has 0 unspecified atom stereocenters. The molecule has 3 aromatic rings. The SMILES string of the molecule is COC(=O)c1ccc2c(c1)CCN2C(=O)c1ccc(Oc2cccc(Br)c2)nc1. The number of nitrogens with zero attached hydrogens (tertiary/aromatic N) is 2. The lowest BCUT2D eigenvalue weighted by Gasteiger charge is -2.17. The normalized spacial score (nSPS) is 12.4. The lowest BCUT2D eigenvalue weighted by atomic mass is 10.1. The number of methoxy groups -OCH3 is 1. The van der Waals surface area contributed by atoms with Gasteiger partial charge in [0.2, 0.25) is 5.88 Å². The fourth-order valence-corrected chi connectivity index (χ4v) is 3.61. The standard InChI is InChI=1S/C22H17BrN2O4/c1-28-22(27)15-5-7-19-14(11-15)9-10-25(19)21(26)16-6-8-20(24-13-16)29-18-4-2-3-17(23)12-18/h2-8,11-13H,9-10H2,1H3. The van der Waals surface area contributed by atoms with Crippen molar-refractivity contribution in [2.24, 2.45) is 0 Å². The number of fused-ring (bicyclic) bond motifs is 1. The second-order valence-electron chi connectivity index (χ2n) is 6.49. The molecule has 1 aliphatic heterocycles. The minimum absolute atomic E-state index is 0.143. The van der Waals surface area contributed by atoms with Gasteiger partial charge in [-0.1, -0.05) is 22.0 Å². The summed E-state index contributed by atoms with van der Waals surface area (Å²) in [5.74, 6) is 0.531. The number of anilines is 1. The molecule has 1 aromatic heterocycles. The molecule has 0 N–H and O–H groups in total. The molecule has 0 atom stereocenters. The number of ether oxygens (including phenoxy) is 2. The van der Waals surface area contributed by atoms with Crippen LogP contribution in [-0.4, -0.2) is 30.5 Å². The van der Waals surface area contributed by atoms with Gasteiger partial charge in [-0.2, -0.15) is 0 Å². The average molecular weight is 453 g/mol. The highest BCUT2D eigenvalue weighted by Gasteiger charge is 2.26. The van der Waals surface area contributed by atoms with E-state index in [1.165, 1.54) is 13.3 Å². The highest BCUT2D eigenvalue weighted by molar-refractivity contribution is 9.10. The highest BCUT2D eigenvalue weighted by Crippen LogP contribution is 2.31. The molecule has 2 heterocycles. The summed E-state index contributed by atoms with van der Waals surface area (Å²) in [4.78, 5) is 30.6. The minimum Gasteiger partial charge on any atom is -0.465 e. The maximum Gasteiger partial charge on any atom is 0.337 e. The van der Waals surface area contributed by atoms with Crippen molar-refractivity contribution >= 4 is 33.5 Å². The smallest absolute Gasteiger partial charge is 0.337 e. The lowest BCUT2D eigenvalue weighted by Crippen LogP contribution is -2.28. The number of amides is 1. The Kier molecular flexibility index (Phi) is 5.31. The molecular formula is C22H17BrN2O4. The Labute approximate surface area is 176 Å². The Hall–Kier alpha value is -3.19. The zero-order valence-electron chi connectivity index (χ0n) is 15.6. The van der Waals surface area contributed by atoms with Crippen LogP contribution in [0.1, 0.15) is 26.3 Å². The molecule has 0 radical (unpaired) electrons. The number of benzene rings is 2. The zero-order valence-corrected chi connectivity index (χ0v) is 17.2. The molecule has 1 aliphatic rings. The van der Waals surface area contributed by atoms with Crippen LogP contribution in [0.2, 0.25) is 0 Å². The first kappa shape index (κ1) is 19.1. The maximum absolute atomic E-state index is 12.9. The number of aromatic nitrogens is 1. The van der Waals surface area contributed by atoms with E-state index >= 15 is 0 Å². The first-order valence-corrected chi connectivity index (χ1v) is 9.77. The number of pyridine rings is 1. The summed E-state index contributed by atoms with van der Waals surface area (Å²) < 4.78 is 11.4. The zero-order chi connectivity index (χ0) is 20.4. The van der Waals surface area contributed by atoms with Crippen molar-refractivity contribution in [3.63, 3.8) is 0 Å². The molecule has 0 saturated heterocycles. The average Bonchev–Trinajstić information content (AvgIpc) is 3.16. The molecule has 0 aliphatic carbocycles. The van der Waals surface area contributed by atoms with Crippen LogP contribution >= 0.6 is 15.9 Å². The van der Waals surface area contributed by atoms with E-state index in [1.807, 2.05) is 24.3 Å². The maximum atomic E-state index is 12.9. The topological polar surface area (TPSA) is 68.7 Å². The predicted molar refractivity (Wildman–Crippen MR) is 112 cm³/mol. The molecule has 1 amide bonds. The number of hydrogen-bond donors (Lipinski definition) is 0. The molecule has 0 bridgehead atoms. The predicted octanol–water partition coefficient (Wildman–Crippen LogP) is 4.63. The van der Waals surface area contributed by atoms with Gasteiger partial charge in [-0.15, -0.1) is 0 Å².